The Bertz CT molecular complexity index is 330. The summed E-state index contributed by atoms with van der Waals surface area (Å²) >= 11 is 0. The van der Waals surface area contributed by atoms with Gasteiger partial charge in [-0.1, -0.05) is 23.7 Å². The van der Waals surface area contributed by atoms with Crippen LogP contribution in [0, 0.1) is 6.92 Å². The Morgan fingerprint density at radius 3 is 2.86 bits per heavy atom. The molecule has 0 aliphatic heterocycles. The fourth-order valence-electron chi connectivity index (χ4n) is 1.26. The molecule has 0 aliphatic carbocycles. The van der Waals surface area contributed by atoms with Crippen LogP contribution in [-0.2, 0) is 6.54 Å². The SMILES string of the molecule is CCCCn1nnc(/C(C)=N\O)c1C. The van der Waals surface area contributed by atoms with Gasteiger partial charge in [-0.25, -0.2) is 4.68 Å². The van der Waals surface area contributed by atoms with Gasteiger partial charge in [0.1, 0.15) is 11.4 Å². The molecule has 0 radical (unpaired) electrons. The van der Waals surface area contributed by atoms with E-state index in [0.717, 1.165) is 25.1 Å². The largest absolute Gasteiger partial charge is 0.411 e. The third-order valence-electron chi connectivity index (χ3n) is 2.20. The van der Waals surface area contributed by atoms with Crippen molar-refractivity contribution in [2.24, 2.45) is 5.16 Å². The van der Waals surface area contributed by atoms with Crippen LogP contribution < -0.4 is 0 Å². The standard InChI is InChI=1S/C9H16N4O/c1-4-5-6-13-8(3)9(10-12-13)7(2)11-14/h14H,4-6H2,1-3H3/b11-7-. The minimum absolute atomic E-state index is 0.505. The summed E-state index contributed by atoms with van der Waals surface area (Å²) in [5, 5.41) is 19.7. The number of oxime groups is 1. The predicted molar refractivity (Wildman–Crippen MR) is 53.7 cm³/mol. The molecular formula is C9H16N4O. The molecule has 1 aromatic rings. The first-order valence-electron chi connectivity index (χ1n) is 4.79. The second-order valence-corrected chi connectivity index (χ2v) is 3.29. The van der Waals surface area contributed by atoms with Gasteiger partial charge in [-0.2, -0.15) is 0 Å². The molecular weight excluding hydrogens is 180 g/mol. The lowest BCUT2D eigenvalue weighted by molar-refractivity contribution is 0.319. The van der Waals surface area contributed by atoms with E-state index in [9.17, 15) is 0 Å². The van der Waals surface area contributed by atoms with Gasteiger partial charge in [0, 0.05) is 6.54 Å². The van der Waals surface area contributed by atoms with Crippen LogP contribution >= 0.6 is 0 Å². The normalized spacial score (nSPS) is 12.1. The van der Waals surface area contributed by atoms with Gasteiger partial charge in [-0.3, -0.25) is 0 Å². The highest BCUT2D eigenvalue weighted by Gasteiger charge is 2.10. The molecule has 0 bridgehead atoms. The van der Waals surface area contributed by atoms with Crippen molar-refractivity contribution in [2.75, 3.05) is 0 Å². The van der Waals surface area contributed by atoms with Crippen molar-refractivity contribution in [1.29, 1.82) is 0 Å². The van der Waals surface area contributed by atoms with Crippen molar-refractivity contribution < 1.29 is 5.21 Å². The quantitative estimate of drug-likeness (QED) is 0.452. The maximum Gasteiger partial charge on any atom is 0.133 e. The first-order valence-corrected chi connectivity index (χ1v) is 4.79. The molecule has 0 aromatic carbocycles. The number of unbranched alkanes of at least 4 members (excludes halogenated alkanes) is 1. The number of nitrogens with zero attached hydrogens (tertiary/aromatic N) is 4. The summed E-state index contributed by atoms with van der Waals surface area (Å²) in [6.45, 7) is 6.64. The highest BCUT2D eigenvalue weighted by Crippen LogP contribution is 2.06. The molecule has 78 valence electrons. The Labute approximate surface area is 83.4 Å². The molecule has 0 amide bonds. The van der Waals surface area contributed by atoms with E-state index >= 15 is 0 Å². The van der Waals surface area contributed by atoms with Crippen LogP contribution in [0.3, 0.4) is 0 Å². The first-order chi connectivity index (χ1) is 6.70. The molecule has 1 aromatic heterocycles. The molecule has 5 heteroatoms. The highest BCUT2D eigenvalue weighted by molar-refractivity contribution is 5.97. The fourth-order valence-corrected chi connectivity index (χ4v) is 1.26. The van der Waals surface area contributed by atoms with Crippen molar-refractivity contribution in [3.8, 4) is 0 Å². The number of aromatic nitrogens is 3. The Balaban J connectivity index is 2.85. The lowest BCUT2D eigenvalue weighted by Gasteiger charge is -2.01. The van der Waals surface area contributed by atoms with Crippen LogP contribution in [0.1, 0.15) is 38.1 Å². The molecule has 1 rings (SSSR count). The van der Waals surface area contributed by atoms with E-state index in [1.165, 1.54) is 0 Å². The minimum Gasteiger partial charge on any atom is -0.411 e. The highest BCUT2D eigenvalue weighted by atomic mass is 16.4. The average molecular weight is 196 g/mol. The smallest absolute Gasteiger partial charge is 0.133 e. The summed E-state index contributed by atoms with van der Waals surface area (Å²) in [4.78, 5) is 0. The summed E-state index contributed by atoms with van der Waals surface area (Å²) in [6.07, 6.45) is 2.21. The van der Waals surface area contributed by atoms with Gasteiger partial charge in [-0.05, 0) is 20.3 Å². The third-order valence-corrected chi connectivity index (χ3v) is 2.20. The Kier molecular flexibility index (Phi) is 3.62. The summed E-state index contributed by atoms with van der Waals surface area (Å²) < 4.78 is 1.84. The van der Waals surface area contributed by atoms with Crippen molar-refractivity contribution in [1.82, 2.24) is 15.0 Å². The van der Waals surface area contributed by atoms with Crippen LogP contribution in [0.4, 0.5) is 0 Å². The number of aryl methyl sites for hydroxylation is 1. The molecule has 0 spiro atoms. The maximum atomic E-state index is 8.61. The molecule has 1 heterocycles. The summed E-state index contributed by atoms with van der Waals surface area (Å²) in [5.41, 5.74) is 2.13. The lowest BCUT2D eigenvalue weighted by atomic mass is 10.2. The lowest BCUT2D eigenvalue weighted by Crippen LogP contribution is -2.04. The topological polar surface area (TPSA) is 63.3 Å². The molecule has 0 fully saturated rings. The molecule has 14 heavy (non-hydrogen) atoms. The monoisotopic (exact) mass is 196 g/mol. The Morgan fingerprint density at radius 2 is 2.29 bits per heavy atom. The van der Waals surface area contributed by atoms with Crippen LogP contribution in [0.15, 0.2) is 5.16 Å². The van der Waals surface area contributed by atoms with Gasteiger partial charge in [0.15, 0.2) is 0 Å². The van der Waals surface area contributed by atoms with Crippen LogP contribution in [0.2, 0.25) is 0 Å². The van der Waals surface area contributed by atoms with E-state index in [0.29, 0.717) is 11.4 Å². The van der Waals surface area contributed by atoms with E-state index in [1.807, 2.05) is 11.6 Å². The second-order valence-electron chi connectivity index (χ2n) is 3.29. The zero-order valence-corrected chi connectivity index (χ0v) is 8.86. The van der Waals surface area contributed by atoms with E-state index in [2.05, 4.69) is 22.4 Å². The minimum atomic E-state index is 0.505. The van der Waals surface area contributed by atoms with E-state index in [1.54, 1.807) is 6.92 Å². The molecule has 5 nitrogen and oxygen atoms in total. The Hall–Kier alpha value is -1.39. The van der Waals surface area contributed by atoms with Crippen molar-refractivity contribution >= 4 is 5.71 Å². The summed E-state index contributed by atoms with van der Waals surface area (Å²) in [7, 11) is 0. The zero-order chi connectivity index (χ0) is 10.6. The number of hydrogen-bond donors (Lipinski definition) is 1. The predicted octanol–water partition coefficient (Wildman–Crippen LogP) is 1.58. The van der Waals surface area contributed by atoms with Gasteiger partial charge >= 0.3 is 0 Å². The average Bonchev–Trinajstić information content (AvgIpc) is 2.56. The van der Waals surface area contributed by atoms with Gasteiger partial charge < -0.3 is 5.21 Å². The third kappa shape index (κ3) is 2.10. The molecule has 0 saturated heterocycles. The summed E-state index contributed by atoms with van der Waals surface area (Å²) in [5.74, 6) is 0. The van der Waals surface area contributed by atoms with E-state index in [-0.39, 0.29) is 0 Å². The van der Waals surface area contributed by atoms with Crippen molar-refractivity contribution in [2.45, 2.75) is 40.2 Å². The van der Waals surface area contributed by atoms with Crippen LogP contribution in [-0.4, -0.2) is 25.9 Å². The van der Waals surface area contributed by atoms with Gasteiger partial charge in [0.2, 0.25) is 0 Å². The molecule has 0 saturated carbocycles. The van der Waals surface area contributed by atoms with Crippen molar-refractivity contribution in [3.63, 3.8) is 0 Å². The fraction of sp³-hybridized carbons (Fsp3) is 0.667. The molecule has 0 aliphatic rings. The van der Waals surface area contributed by atoms with E-state index in [4.69, 9.17) is 5.21 Å². The van der Waals surface area contributed by atoms with Gasteiger partial charge in [0.05, 0.1) is 5.69 Å². The Morgan fingerprint density at radius 1 is 1.57 bits per heavy atom. The second kappa shape index (κ2) is 4.74. The number of rotatable bonds is 4. The van der Waals surface area contributed by atoms with Crippen LogP contribution in [0.25, 0.3) is 0 Å². The van der Waals surface area contributed by atoms with Gasteiger partial charge in [0.25, 0.3) is 0 Å². The van der Waals surface area contributed by atoms with E-state index < -0.39 is 0 Å². The zero-order valence-electron chi connectivity index (χ0n) is 8.86. The molecule has 1 N–H and O–H groups in total. The van der Waals surface area contributed by atoms with Crippen LogP contribution in [0.5, 0.6) is 0 Å². The number of hydrogen-bond acceptors (Lipinski definition) is 4. The maximum absolute atomic E-state index is 8.61. The van der Waals surface area contributed by atoms with Crippen molar-refractivity contribution in [3.05, 3.63) is 11.4 Å². The molecule has 0 atom stereocenters. The summed E-state index contributed by atoms with van der Waals surface area (Å²) in [6, 6.07) is 0. The van der Waals surface area contributed by atoms with Gasteiger partial charge in [-0.15, -0.1) is 5.10 Å². The first kappa shape index (κ1) is 10.7. The molecule has 0 unspecified atom stereocenters.